The molecule has 0 saturated carbocycles. The number of hydrogen-bond acceptors (Lipinski definition) is 15. The molecular formula is C70H136O17P2. The van der Waals surface area contributed by atoms with Crippen molar-refractivity contribution in [2.75, 3.05) is 39.6 Å². The van der Waals surface area contributed by atoms with E-state index in [2.05, 4.69) is 55.4 Å². The van der Waals surface area contributed by atoms with Crippen molar-refractivity contribution < 1.29 is 80.2 Å². The van der Waals surface area contributed by atoms with Crippen LogP contribution in [0.3, 0.4) is 0 Å². The van der Waals surface area contributed by atoms with E-state index in [1.807, 2.05) is 0 Å². The van der Waals surface area contributed by atoms with E-state index >= 15 is 0 Å². The molecule has 0 aliphatic carbocycles. The highest BCUT2D eigenvalue weighted by molar-refractivity contribution is 7.47. The van der Waals surface area contributed by atoms with Crippen molar-refractivity contribution in [2.24, 2.45) is 23.7 Å². The van der Waals surface area contributed by atoms with Crippen LogP contribution in [0, 0.1) is 23.7 Å². The number of aliphatic hydroxyl groups is 1. The molecule has 5 unspecified atom stereocenters. The number of carbonyl (C=O) groups is 4. The van der Waals surface area contributed by atoms with Crippen LogP contribution in [0.2, 0.25) is 0 Å². The molecule has 19 heteroatoms. The molecule has 0 spiro atoms. The lowest BCUT2D eigenvalue weighted by Gasteiger charge is -2.21. The smallest absolute Gasteiger partial charge is 0.462 e. The Morgan fingerprint density at radius 2 is 0.539 bits per heavy atom. The van der Waals surface area contributed by atoms with Gasteiger partial charge in [0, 0.05) is 25.7 Å². The quantitative estimate of drug-likeness (QED) is 0.0222. The van der Waals surface area contributed by atoms with E-state index in [0.29, 0.717) is 31.6 Å². The highest BCUT2D eigenvalue weighted by atomic mass is 31.2. The Morgan fingerprint density at radius 1 is 0.315 bits per heavy atom. The molecule has 0 rings (SSSR count). The minimum absolute atomic E-state index is 0.103. The summed E-state index contributed by atoms with van der Waals surface area (Å²) in [4.78, 5) is 72.5. The molecule has 0 amide bonds. The Bertz CT molecular complexity index is 1770. The molecule has 528 valence electrons. The van der Waals surface area contributed by atoms with Gasteiger partial charge in [-0.2, -0.15) is 0 Å². The highest BCUT2D eigenvalue weighted by Crippen LogP contribution is 2.45. The minimum atomic E-state index is -4.95. The molecule has 3 N–H and O–H groups in total. The third-order valence-corrected chi connectivity index (χ3v) is 18.7. The number of phosphoric acid groups is 2. The Balaban J connectivity index is 5.21. The normalized spacial score (nSPS) is 14.9. The number of ether oxygens (including phenoxy) is 4. The van der Waals surface area contributed by atoms with Crippen LogP contribution >= 0.6 is 15.6 Å². The standard InChI is InChI=1S/C70H136O17P2/c1-9-62(7)48-40-32-24-19-20-26-36-44-52-69(74)86-65(56-81-68(73)51-43-35-27-21-23-31-39-47-61(5)6)58-84-88(76,77)82-54-64(71)55-83-89(78,79)85-59-66(87-70(75)53-45-37-29-28-33-41-49-63(8)10-2)57-80-67(72)50-42-34-25-18-16-14-12-11-13-15-17-22-30-38-46-60(3)4/h60-66,71H,9-59H2,1-8H3,(H,76,77)(H,78,79)/t62?,63?,64?,65-,66-/m1/s1. The van der Waals surface area contributed by atoms with Gasteiger partial charge < -0.3 is 33.8 Å². The van der Waals surface area contributed by atoms with E-state index in [9.17, 15) is 43.2 Å². The highest BCUT2D eigenvalue weighted by Gasteiger charge is 2.30. The Kier molecular flexibility index (Phi) is 58.5. The summed E-state index contributed by atoms with van der Waals surface area (Å²) in [5.74, 6) is 0.860. The molecule has 17 nitrogen and oxygen atoms in total. The summed E-state index contributed by atoms with van der Waals surface area (Å²) < 4.78 is 68.2. The first-order valence-electron chi connectivity index (χ1n) is 36.3. The molecule has 0 aromatic carbocycles. The summed E-state index contributed by atoms with van der Waals surface area (Å²) in [6.45, 7) is 14.1. The zero-order valence-electron chi connectivity index (χ0n) is 58.1. The van der Waals surface area contributed by atoms with Crippen LogP contribution in [0.25, 0.3) is 0 Å². The maximum atomic E-state index is 13.0. The van der Waals surface area contributed by atoms with Crippen LogP contribution < -0.4 is 0 Å². The van der Waals surface area contributed by atoms with Crippen molar-refractivity contribution in [3.05, 3.63) is 0 Å². The predicted molar refractivity (Wildman–Crippen MR) is 358 cm³/mol. The Hall–Kier alpha value is -1.94. The fourth-order valence-electron chi connectivity index (χ4n) is 10.4. The lowest BCUT2D eigenvalue weighted by molar-refractivity contribution is -0.161. The molecular weight excluding hydrogens is 1170 g/mol. The third-order valence-electron chi connectivity index (χ3n) is 16.8. The second kappa shape index (κ2) is 59.8. The number of rotatable bonds is 67. The zero-order valence-corrected chi connectivity index (χ0v) is 59.8. The van der Waals surface area contributed by atoms with Gasteiger partial charge in [0.15, 0.2) is 12.2 Å². The van der Waals surface area contributed by atoms with Gasteiger partial charge in [-0.1, -0.05) is 293 Å². The van der Waals surface area contributed by atoms with Gasteiger partial charge in [-0.15, -0.1) is 0 Å². The molecule has 7 atom stereocenters. The number of phosphoric ester groups is 2. The molecule has 0 saturated heterocycles. The monoisotopic (exact) mass is 1310 g/mol. The molecule has 89 heavy (non-hydrogen) atoms. The van der Waals surface area contributed by atoms with E-state index in [0.717, 1.165) is 114 Å². The third kappa shape index (κ3) is 62.0. The zero-order chi connectivity index (χ0) is 66.1. The topological polar surface area (TPSA) is 237 Å². The summed E-state index contributed by atoms with van der Waals surface area (Å²) in [6, 6.07) is 0. The van der Waals surface area contributed by atoms with Crippen LogP contribution in [0.4, 0.5) is 0 Å². The van der Waals surface area contributed by atoms with E-state index in [1.165, 1.54) is 141 Å². The second-order valence-corrected chi connectivity index (χ2v) is 29.6. The number of carbonyl (C=O) groups excluding carboxylic acids is 4. The van der Waals surface area contributed by atoms with Crippen molar-refractivity contribution >= 4 is 39.5 Å². The van der Waals surface area contributed by atoms with Gasteiger partial charge >= 0.3 is 39.5 Å². The Labute approximate surface area is 543 Å². The van der Waals surface area contributed by atoms with Crippen molar-refractivity contribution in [1.82, 2.24) is 0 Å². The van der Waals surface area contributed by atoms with Crippen molar-refractivity contribution in [3.8, 4) is 0 Å². The van der Waals surface area contributed by atoms with Gasteiger partial charge in [0.1, 0.15) is 19.3 Å². The Morgan fingerprint density at radius 3 is 0.798 bits per heavy atom. The first-order chi connectivity index (χ1) is 42.7. The van der Waals surface area contributed by atoms with Crippen LogP contribution in [-0.4, -0.2) is 96.7 Å². The van der Waals surface area contributed by atoms with Crippen LogP contribution in [0.15, 0.2) is 0 Å². The molecule has 0 bridgehead atoms. The lowest BCUT2D eigenvalue weighted by atomic mass is 9.99. The van der Waals surface area contributed by atoms with Gasteiger partial charge in [-0.3, -0.25) is 37.3 Å². The van der Waals surface area contributed by atoms with Gasteiger partial charge in [-0.05, 0) is 49.4 Å². The minimum Gasteiger partial charge on any atom is -0.462 e. The molecule has 0 aromatic heterocycles. The van der Waals surface area contributed by atoms with E-state index in [1.54, 1.807) is 0 Å². The molecule has 0 heterocycles. The largest absolute Gasteiger partial charge is 0.472 e. The maximum absolute atomic E-state index is 13.0. The molecule has 0 aliphatic rings. The van der Waals surface area contributed by atoms with E-state index in [4.69, 9.17) is 37.0 Å². The fraction of sp³-hybridized carbons (Fsp3) is 0.943. The summed E-state index contributed by atoms with van der Waals surface area (Å²) in [5, 5.41) is 10.6. The summed E-state index contributed by atoms with van der Waals surface area (Å²) in [5.41, 5.74) is 0. The summed E-state index contributed by atoms with van der Waals surface area (Å²) in [6.07, 6.45) is 41.8. The average Bonchev–Trinajstić information content (AvgIpc) is 3.69. The molecule has 0 radical (unpaired) electrons. The van der Waals surface area contributed by atoms with Crippen molar-refractivity contribution in [1.29, 1.82) is 0 Å². The van der Waals surface area contributed by atoms with Gasteiger partial charge in [0.25, 0.3) is 0 Å². The van der Waals surface area contributed by atoms with Crippen LogP contribution in [0.1, 0.15) is 344 Å². The number of esters is 4. The molecule has 0 aliphatic heterocycles. The SMILES string of the molecule is CCC(C)CCCCCCCCCCC(=O)O[C@H](COC(=O)CCCCCCCCCC(C)C)COP(=O)(O)OCC(O)COP(=O)(O)OC[C@@H](COC(=O)CCCCCCCCCCCCCCCCC(C)C)OC(=O)CCCCCCCCC(C)CC. The first kappa shape index (κ1) is 87.1. The summed E-state index contributed by atoms with van der Waals surface area (Å²) in [7, 11) is -9.90. The summed E-state index contributed by atoms with van der Waals surface area (Å²) >= 11 is 0. The predicted octanol–water partition coefficient (Wildman–Crippen LogP) is 19.7. The van der Waals surface area contributed by atoms with Crippen LogP contribution in [0.5, 0.6) is 0 Å². The van der Waals surface area contributed by atoms with Crippen molar-refractivity contribution in [2.45, 2.75) is 363 Å². The van der Waals surface area contributed by atoms with Gasteiger partial charge in [0.2, 0.25) is 0 Å². The van der Waals surface area contributed by atoms with Gasteiger partial charge in [0.05, 0.1) is 26.4 Å². The number of unbranched alkanes of at least 4 members (excludes halogenated alkanes) is 31. The lowest BCUT2D eigenvalue weighted by Crippen LogP contribution is -2.30. The molecule has 0 aromatic rings. The second-order valence-electron chi connectivity index (χ2n) is 26.7. The fourth-order valence-corrected chi connectivity index (χ4v) is 12.0. The maximum Gasteiger partial charge on any atom is 0.472 e. The number of aliphatic hydroxyl groups excluding tert-OH is 1. The van der Waals surface area contributed by atoms with Gasteiger partial charge in [-0.25, -0.2) is 9.13 Å². The first-order valence-corrected chi connectivity index (χ1v) is 39.3. The van der Waals surface area contributed by atoms with E-state index in [-0.39, 0.29) is 25.7 Å². The van der Waals surface area contributed by atoms with Crippen LogP contribution in [-0.2, 0) is 65.4 Å². The number of hydrogen-bond donors (Lipinski definition) is 3. The van der Waals surface area contributed by atoms with E-state index < -0.39 is 97.5 Å². The molecule has 0 fully saturated rings. The van der Waals surface area contributed by atoms with Crippen molar-refractivity contribution in [3.63, 3.8) is 0 Å². The average molecular weight is 1310 g/mol.